The summed E-state index contributed by atoms with van der Waals surface area (Å²) >= 11 is 3.47. The predicted octanol–water partition coefficient (Wildman–Crippen LogP) is 4.75. The van der Waals surface area contributed by atoms with E-state index in [9.17, 15) is 0 Å². The van der Waals surface area contributed by atoms with Crippen molar-refractivity contribution in [3.05, 3.63) is 57.6 Å². The standard InChI is InChI=1S/C17H20BrNO/c1-11-4-6-17(14(8-11)10-13(3)19)20-16-7-5-15(18)9-12(16)2/h4-9,13H,10,19H2,1-3H3. The SMILES string of the molecule is Cc1ccc(Oc2ccc(Br)cc2C)c(CC(C)N)c1. The fourth-order valence-corrected chi connectivity index (χ4v) is 2.64. The third kappa shape index (κ3) is 3.84. The van der Waals surface area contributed by atoms with Crippen molar-refractivity contribution in [2.45, 2.75) is 33.2 Å². The van der Waals surface area contributed by atoms with Gasteiger partial charge in [0.05, 0.1) is 0 Å². The summed E-state index contributed by atoms with van der Waals surface area (Å²) in [7, 11) is 0. The fraction of sp³-hybridized carbons (Fsp3) is 0.294. The highest BCUT2D eigenvalue weighted by molar-refractivity contribution is 9.10. The normalized spacial score (nSPS) is 12.2. The fourth-order valence-electron chi connectivity index (χ4n) is 2.16. The minimum Gasteiger partial charge on any atom is -0.457 e. The van der Waals surface area contributed by atoms with Crippen molar-refractivity contribution in [2.24, 2.45) is 5.73 Å². The van der Waals surface area contributed by atoms with Gasteiger partial charge in [-0.05, 0) is 62.6 Å². The lowest BCUT2D eigenvalue weighted by Gasteiger charge is -2.15. The second kappa shape index (κ2) is 6.42. The largest absolute Gasteiger partial charge is 0.457 e. The van der Waals surface area contributed by atoms with E-state index in [0.29, 0.717) is 0 Å². The molecular weight excluding hydrogens is 314 g/mol. The summed E-state index contributed by atoms with van der Waals surface area (Å²) in [5.41, 5.74) is 9.41. The Bertz CT molecular complexity index is 608. The summed E-state index contributed by atoms with van der Waals surface area (Å²) in [4.78, 5) is 0. The van der Waals surface area contributed by atoms with Crippen LogP contribution in [0.4, 0.5) is 0 Å². The zero-order chi connectivity index (χ0) is 14.7. The van der Waals surface area contributed by atoms with Gasteiger partial charge in [-0.25, -0.2) is 0 Å². The maximum absolute atomic E-state index is 6.07. The summed E-state index contributed by atoms with van der Waals surface area (Å²) in [5, 5.41) is 0. The quantitative estimate of drug-likeness (QED) is 0.876. The first kappa shape index (κ1) is 15.1. The molecule has 0 aromatic heterocycles. The van der Waals surface area contributed by atoms with Gasteiger partial charge in [0, 0.05) is 10.5 Å². The minimum atomic E-state index is 0.116. The second-order valence-electron chi connectivity index (χ2n) is 5.30. The van der Waals surface area contributed by atoms with Crippen molar-refractivity contribution in [3.63, 3.8) is 0 Å². The molecule has 1 atom stereocenters. The summed E-state index contributed by atoms with van der Waals surface area (Å²) in [6.07, 6.45) is 0.812. The molecule has 0 heterocycles. The number of halogens is 1. The lowest BCUT2D eigenvalue weighted by molar-refractivity contribution is 0.470. The summed E-state index contributed by atoms with van der Waals surface area (Å²) in [6.45, 7) is 6.13. The van der Waals surface area contributed by atoms with E-state index >= 15 is 0 Å². The molecule has 20 heavy (non-hydrogen) atoms. The maximum Gasteiger partial charge on any atom is 0.130 e. The monoisotopic (exact) mass is 333 g/mol. The van der Waals surface area contributed by atoms with Crippen molar-refractivity contribution >= 4 is 15.9 Å². The van der Waals surface area contributed by atoms with Crippen LogP contribution in [0.25, 0.3) is 0 Å². The summed E-state index contributed by atoms with van der Waals surface area (Å²) in [6, 6.07) is 12.4. The highest BCUT2D eigenvalue weighted by Gasteiger charge is 2.09. The van der Waals surface area contributed by atoms with Gasteiger partial charge in [0.2, 0.25) is 0 Å². The molecule has 2 nitrogen and oxygen atoms in total. The molecule has 2 aromatic rings. The molecule has 2 N–H and O–H groups in total. The molecule has 1 unspecified atom stereocenters. The molecule has 0 fully saturated rings. The third-order valence-corrected chi connectivity index (χ3v) is 3.61. The Hall–Kier alpha value is -1.32. The summed E-state index contributed by atoms with van der Waals surface area (Å²) < 4.78 is 7.13. The Labute approximate surface area is 129 Å². The maximum atomic E-state index is 6.07. The van der Waals surface area contributed by atoms with Gasteiger partial charge in [0.1, 0.15) is 11.5 Å². The van der Waals surface area contributed by atoms with Crippen LogP contribution in [0.15, 0.2) is 40.9 Å². The topological polar surface area (TPSA) is 35.2 Å². The smallest absolute Gasteiger partial charge is 0.130 e. The third-order valence-electron chi connectivity index (χ3n) is 3.11. The molecule has 3 heteroatoms. The molecular formula is C17H20BrNO. The Kier molecular flexibility index (Phi) is 4.84. The van der Waals surface area contributed by atoms with Gasteiger partial charge in [-0.2, -0.15) is 0 Å². The van der Waals surface area contributed by atoms with Crippen molar-refractivity contribution in [2.75, 3.05) is 0 Å². The number of hydrogen-bond donors (Lipinski definition) is 1. The van der Waals surface area contributed by atoms with E-state index < -0.39 is 0 Å². The number of nitrogens with two attached hydrogens (primary N) is 1. The zero-order valence-corrected chi connectivity index (χ0v) is 13.7. The Morgan fingerprint density at radius 1 is 1.10 bits per heavy atom. The van der Waals surface area contributed by atoms with Crippen LogP contribution >= 0.6 is 15.9 Å². The molecule has 0 aliphatic carbocycles. The number of aryl methyl sites for hydroxylation is 2. The Balaban J connectivity index is 2.32. The Morgan fingerprint density at radius 2 is 1.80 bits per heavy atom. The van der Waals surface area contributed by atoms with Crippen molar-refractivity contribution < 1.29 is 4.74 Å². The van der Waals surface area contributed by atoms with E-state index in [1.807, 2.05) is 32.0 Å². The van der Waals surface area contributed by atoms with E-state index in [4.69, 9.17) is 10.5 Å². The molecule has 0 amide bonds. The van der Waals surface area contributed by atoms with E-state index in [1.165, 1.54) is 5.56 Å². The average Bonchev–Trinajstić information content (AvgIpc) is 2.34. The molecule has 0 aliphatic rings. The van der Waals surface area contributed by atoms with Crippen LogP contribution in [0.2, 0.25) is 0 Å². The lowest BCUT2D eigenvalue weighted by atomic mass is 10.0. The van der Waals surface area contributed by atoms with E-state index in [2.05, 4.69) is 41.1 Å². The van der Waals surface area contributed by atoms with Crippen LogP contribution in [0, 0.1) is 13.8 Å². The highest BCUT2D eigenvalue weighted by Crippen LogP contribution is 2.30. The van der Waals surface area contributed by atoms with Gasteiger partial charge < -0.3 is 10.5 Å². The van der Waals surface area contributed by atoms with Crippen molar-refractivity contribution in [1.29, 1.82) is 0 Å². The summed E-state index contributed by atoms with van der Waals surface area (Å²) in [5.74, 6) is 1.77. The molecule has 2 aromatic carbocycles. The van der Waals surface area contributed by atoms with Gasteiger partial charge in [-0.3, -0.25) is 0 Å². The van der Waals surface area contributed by atoms with Crippen LogP contribution < -0.4 is 10.5 Å². The molecule has 106 valence electrons. The zero-order valence-electron chi connectivity index (χ0n) is 12.1. The molecule has 0 saturated heterocycles. The minimum absolute atomic E-state index is 0.116. The van der Waals surface area contributed by atoms with E-state index in [1.54, 1.807) is 0 Å². The van der Waals surface area contributed by atoms with Crippen LogP contribution in [0.1, 0.15) is 23.6 Å². The van der Waals surface area contributed by atoms with Crippen LogP contribution in [0.3, 0.4) is 0 Å². The first-order valence-corrected chi connectivity index (χ1v) is 7.54. The van der Waals surface area contributed by atoms with Crippen molar-refractivity contribution in [3.8, 4) is 11.5 Å². The average molecular weight is 334 g/mol. The van der Waals surface area contributed by atoms with Crippen molar-refractivity contribution in [1.82, 2.24) is 0 Å². The Morgan fingerprint density at radius 3 is 2.45 bits per heavy atom. The first-order chi connectivity index (χ1) is 9.45. The molecule has 2 rings (SSSR count). The van der Waals surface area contributed by atoms with Gasteiger partial charge in [-0.15, -0.1) is 0 Å². The molecule has 0 bridgehead atoms. The van der Waals surface area contributed by atoms with Crippen LogP contribution in [0.5, 0.6) is 11.5 Å². The highest BCUT2D eigenvalue weighted by atomic mass is 79.9. The second-order valence-corrected chi connectivity index (χ2v) is 6.22. The van der Waals surface area contributed by atoms with Gasteiger partial charge in [-0.1, -0.05) is 33.6 Å². The predicted molar refractivity (Wildman–Crippen MR) is 87.5 cm³/mol. The molecule has 0 aliphatic heterocycles. The number of hydrogen-bond acceptors (Lipinski definition) is 2. The van der Waals surface area contributed by atoms with Gasteiger partial charge in [0.25, 0.3) is 0 Å². The van der Waals surface area contributed by atoms with Gasteiger partial charge >= 0.3 is 0 Å². The van der Waals surface area contributed by atoms with Crippen LogP contribution in [-0.4, -0.2) is 6.04 Å². The number of benzene rings is 2. The first-order valence-electron chi connectivity index (χ1n) is 6.75. The van der Waals surface area contributed by atoms with E-state index in [-0.39, 0.29) is 6.04 Å². The molecule has 0 radical (unpaired) electrons. The lowest BCUT2D eigenvalue weighted by Crippen LogP contribution is -2.18. The number of rotatable bonds is 4. The molecule has 0 saturated carbocycles. The number of ether oxygens (including phenoxy) is 1. The van der Waals surface area contributed by atoms with Crippen LogP contribution in [-0.2, 0) is 6.42 Å². The molecule has 0 spiro atoms. The van der Waals surface area contributed by atoms with Gasteiger partial charge in [0.15, 0.2) is 0 Å². The van der Waals surface area contributed by atoms with E-state index in [0.717, 1.165) is 33.5 Å².